The number of sulfonamides is 1. The summed E-state index contributed by atoms with van der Waals surface area (Å²) < 4.78 is 28.2. The fourth-order valence-electron chi connectivity index (χ4n) is 3.61. The predicted octanol–water partition coefficient (Wildman–Crippen LogP) is 5.19. The van der Waals surface area contributed by atoms with Gasteiger partial charge in [0.15, 0.2) is 5.78 Å². The lowest BCUT2D eigenvalue weighted by atomic mass is 9.99. The van der Waals surface area contributed by atoms with E-state index in [1.165, 1.54) is 12.1 Å². The van der Waals surface area contributed by atoms with Gasteiger partial charge in [-0.2, -0.15) is 0 Å². The first kappa shape index (κ1) is 25.3. The fourth-order valence-corrected chi connectivity index (χ4v) is 4.69. The molecule has 0 radical (unpaired) electrons. The number of hydrogen-bond donors (Lipinski definition) is 2. The third kappa shape index (κ3) is 5.71. The molecule has 186 valence electrons. The number of nitro benzene ring substituents is 1. The maximum atomic E-state index is 13.2. The molecule has 0 spiro atoms. The maximum absolute atomic E-state index is 13.2. The van der Waals surface area contributed by atoms with E-state index >= 15 is 0 Å². The van der Waals surface area contributed by atoms with Gasteiger partial charge in [0.05, 0.1) is 26.8 Å². The van der Waals surface area contributed by atoms with Gasteiger partial charge in [0.25, 0.3) is 21.6 Å². The number of carbonyl (C=O) groups excluding carboxylic acids is 2. The number of aryl methyl sites for hydroxylation is 1. The highest BCUT2D eigenvalue weighted by molar-refractivity contribution is 7.92. The number of amides is 1. The number of ketones is 1. The van der Waals surface area contributed by atoms with Crippen molar-refractivity contribution in [2.24, 2.45) is 0 Å². The zero-order valence-electron chi connectivity index (χ0n) is 19.5. The van der Waals surface area contributed by atoms with Crippen molar-refractivity contribution in [3.8, 4) is 0 Å². The lowest BCUT2D eigenvalue weighted by Crippen LogP contribution is -2.19. The summed E-state index contributed by atoms with van der Waals surface area (Å²) in [5.41, 5.74) is 1.63. The van der Waals surface area contributed by atoms with E-state index in [1.807, 2.05) is 6.92 Å². The molecule has 0 aliphatic carbocycles. The van der Waals surface area contributed by atoms with Gasteiger partial charge in [-0.05, 0) is 43.3 Å². The second-order valence-corrected chi connectivity index (χ2v) is 9.78. The van der Waals surface area contributed by atoms with Gasteiger partial charge in [0.1, 0.15) is 0 Å². The van der Waals surface area contributed by atoms with E-state index in [0.29, 0.717) is 11.1 Å². The van der Waals surface area contributed by atoms with E-state index in [4.69, 9.17) is 0 Å². The van der Waals surface area contributed by atoms with Gasteiger partial charge < -0.3 is 5.32 Å². The number of benzene rings is 4. The topological polar surface area (TPSA) is 135 Å². The molecule has 1 amide bonds. The molecule has 4 rings (SSSR count). The molecule has 0 atom stereocenters. The number of carbonyl (C=O) groups is 2. The molecule has 0 saturated carbocycles. The van der Waals surface area contributed by atoms with E-state index in [0.717, 1.165) is 29.8 Å². The van der Waals surface area contributed by atoms with Crippen molar-refractivity contribution in [3.05, 3.63) is 129 Å². The SMILES string of the molecule is Cc1ccc(NC(=O)c2ccccc2NS(=O)(=O)c2ccc([N+](=O)[O-])cc2)c(C(=O)c2ccccc2)c1. The molecule has 4 aromatic rings. The molecule has 0 bridgehead atoms. The normalized spacial score (nSPS) is 10.9. The summed E-state index contributed by atoms with van der Waals surface area (Å²) in [5, 5.41) is 13.6. The minimum absolute atomic E-state index is 0.00130. The Labute approximate surface area is 213 Å². The van der Waals surface area contributed by atoms with Crippen molar-refractivity contribution in [1.29, 1.82) is 0 Å². The average molecular weight is 516 g/mol. The Morgan fingerprint density at radius 1 is 0.784 bits per heavy atom. The lowest BCUT2D eigenvalue weighted by molar-refractivity contribution is -0.384. The molecule has 37 heavy (non-hydrogen) atoms. The van der Waals surface area contributed by atoms with Crippen LogP contribution in [0.3, 0.4) is 0 Å². The number of hydrogen-bond acceptors (Lipinski definition) is 6. The Balaban J connectivity index is 1.62. The number of nitro groups is 1. The molecule has 9 nitrogen and oxygen atoms in total. The second kappa shape index (κ2) is 10.4. The van der Waals surface area contributed by atoms with Crippen LogP contribution in [0.1, 0.15) is 31.8 Å². The smallest absolute Gasteiger partial charge is 0.269 e. The third-order valence-electron chi connectivity index (χ3n) is 5.48. The van der Waals surface area contributed by atoms with Crippen molar-refractivity contribution in [3.63, 3.8) is 0 Å². The van der Waals surface area contributed by atoms with Crippen LogP contribution in [-0.2, 0) is 10.0 Å². The standard InChI is InChI=1S/C27H21N3O6S/c1-18-11-16-24(23(17-18)26(31)19-7-3-2-4-8-19)28-27(32)22-9-5-6-10-25(22)29-37(35,36)21-14-12-20(13-15-21)30(33)34/h2-17,29H,1H3,(H,28,32). The highest BCUT2D eigenvalue weighted by Gasteiger charge is 2.21. The van der Waals surface area contributed by atoms with Gasteiger partial charge in [-0.25, -0.2) is 8.42 Å². The molecule has 2 N–H and O–H groups in total. The Bertz CT molecular complexity index is 1600. The van der Waals surface area contributed by atoms with Gasteiger partial charge in [-0.3, -0.25) is 24.4 Å². The highest BCUT2D eigenvalue weighted by atomic mass is 32.2. The van der Waals surface area contributed by atoms with Crippen LogP contribution in [0, 0.1) is 17.0 Å². The second-order valence-electron chi connectivity index (χ2n) is 8.10. The Morgan fingerprint density at radius 2 is 1.43 bits per heavy atom. The van der Waals surface area contributed by atoms with E-state index in [2.05, 4.69) is 10.0 Å². The molecular formula is C27H21N3O6S. The van der Waals surface area contributed by atoms with Crippen LogP contribution in [0.2, 0.25) is 0 Å². The zero-order chi connectivity index (χ0) is 26.6. The van der Waals surface area contributed by atoms with Crippen molar-refractivity contribution in [2.75, 3.05) is 10.0 Å². The van der Waals surface area contributed by atoms with Gasteiger partial charge in [-0.15, -0.1) is 0 Å². The molecule has 0 aliphatic heterocycles. The van der Waals surface area contributed by atoms with Gasteiger partial charge in [0.2, 0.25) is 0 Å². The summed E-state index contributed by atoms with van der Waals surface area (Å²) in [5.74, 6) is -0.903. The van der Waals surface area contributed by atoms with Gasteiger partial charge in [-0.1, -0.05) is 54.1 Å². The van der Waals surface area contributed by atoms with E-state index in [9.17, 15) is 28.1 Å². The molecule has 0 aliphatic rings. The molecule has 10 heteroatoms. The summed E-state index contributed by atoms with van der Waals surface area (Å²) in [7, 11) is -4.15. The van der Waals surface area contributed by atoms with Crippen molar-refractivity contribution >= 4 is 38.8 Å². The molecular weight excluding hydrogens is 494 g/mol. The largest absolute Gasteiger partial charge is 0.321 e. The van der Waals surface area contributed by atoms with Crippen molar-refractivity contribution in [2.45, 2.75) is 11.8 Å². The number of nitrogens with one attached hydrogen (secondary N) is 2. The van der Waals surface area contributed by atoms with Crippen LogP contribution in [0.4, 0.5) is 17.1 Å². The monoisotopic (exact) mass is 515 g/mol. The van der Waals surface area contributed by atoms with Crippen LogP contribution < -0.4 is 10.0 Å². The molecule has 0 unspecified atom stereocenters. The third-order valence-corrected chi connectivity index (χ3v) is 6.86. The number of para-hydroxylation sites is 1. The number of rotatable bonds is 8. The van der Waals surface area contributed by atoms with Gasteiger partial charge in [0, 0.05) is 23.3 Å². The zero-order valence-corrected chi connectivity index (χ0v) is 20.4. The molecule has 4 aromatic carbocycles. The summed E-state index contributed by atoms with van der Waals surface area (Å²) in [4.78, 5) is 36.4. The van der Waals surface area contributed by atoms with Gasteiger partial charge >= 0.3 is 0 Å². The van der Waals surface area contributed by atoms with E-state index < -0.39 is 20.9 Å². The molecule has 0 fully saturated rings. The maximum Gasteiger partial charge on any atom is 0.269 e. The Kier molecular flexibility index (Phi) is 7.12. The van der Waals surface area contributed by atoms with E-state index in [-0.39, 0.29) is 33.3 Å². The summed E-state index contributed by atoms with van der Waals surface area (Å²) in [6, 6.07) is 24.1. The highest BCUT2D eigenvalue weighted by Crippen LogP contribution is 2.25. The molecule has 0 saturated heterocycles. The van der Waals surface area contributed by atoms with Crippen LogP contribution in [-0.4, -0.2) is 25.0 Å². The fraction of sp³-hybridized carbons (Fsp3) is 0.0370. The first-order chi connectivity index (χ1) is 17.7. The molecule has 0 aromatic heterocycles. The Morgan fingerprint density at radius 3 is 2.11 bits per heavy atom. The van der Waals surface area contributed by atoms with Crippen molar-refractivity contribution in [1.82, 2.24) is 0 Å². The van der Waals surface area contributed by atoms with Crippen molar-refractivity contribution < 1.29 is 22.9 Å². The first-order valence-electron chi connectivity index (χ1n) is 11.0. The number of non-ortho nitro benzene ring substituents is 1. The summed E-state index contributed by atoms with van der Waals surface area (Å²) in [6.07, 6.45) is 0. The van der Waals surface area contributed by atoms with Crippen LogP contribution in [0.5, 0.6) is 0 Å². The molecule has 0 heterocycles. The number of anilines is 2. The average Bonchev–Trinajstić information content (AvgIpc) is 2.90. The van der Waals surface area contributed by atoms with Crippen LogP contribution in [0.15, 0.2) is 102 Å². The van der Waals surface area contributed by atoms with E-state index in [1.54, 1.807) is 60.7 Å². The Hall–Kier alpha value is -4.83. The number of nitrogens with zero attached hydrogens (tertiary/aromatic N) is 1. The first-order valence-corrected chi connectivity index (χ1v) is 12.5. The van der Waals surface area contributed by atoms with Crippen LogP contribution >= 0.6 is 0 Å². The summed E-state index contributed by atoms with van der Waals surface area (Å²) in [6.45, 7) is 1.83. The minimum atomic E-state index is -4.15. The quantitative estimate of drug-likeness (QED) is 0.188. The minimum Gasteiger partial charge on any atom is -0.321 e. The summed E-state index contributed by atoms with van der Waals surface area (Å²) >= 11 is 0. The predicted molar refractivity (Wildman–Crippen MR) is 139 cm³/mol. The lowest BCUT2D eigenvalue weighted by Gasteiger charge is -2.15. The van der Waals surface area contributed by atoms with Crippen LogP contribution in [0.25, 0.3) is 0 Å².